The first-order chi connectivity index (χ1) is 8.74. The number of hydrogen-bond acceptors (Lipinski definition) is 4. The average Bonchev–Trinajstić information content (AvgIpc) is 2.66. The molecule has 1 N–H and O–H groups in total. The molecule has 0 radical (unpaired) electrons. The number of hydrogen-bond donors (Lipinski definition) is 1. The minimum atomic E-state index is 0.437. The first-order valence-corrected chi connectivity index (χ1v) is 7.01. The standard InChI is InChI=1S/C14H24N4/c1-11(2)12-13(15-3)16-10-17-14(12)18-8-6-4-5-7-9-18/h10-11H,4-9H2,1-3H3,(H,15,16,17). The van der Waals surface area contributed by atoms with Crippen molar-refractivity contribution in [3.05, 3.63) is 11.9 Å². The molecule has 2 heterocycles. The van der Waals surface area contributed by atoms with Gasteiger partial charge in [-0.25, -0.2) is 9.97 Å². The molecule has 100 valence electrons. The molecule has 1 aliphatic heterocycles. The Morgan fingerprint density at radius 2 is 1.78 bits per heavy atom. The molecule has 1 aromatic heterocycles. The van der Waals surface area contributed by atoms with Gasteiger partial charge in [-0.05, 0) is 18.8 Å². The third-order valence-corrected chi connectivity index (χ3v) is 3.58. The number of aromatic nitrogens is 2. The zero-order chi connectivity index (χ0) is 13.0. The summed E-state index contributed by atoms with van der Waals surface area (Å²) in [5, 5.41) is 3.19. The molecule has 18 heavy (non-hydrogen) atoms. The summed E-state index contributed by atoms with van der Waals surface area (Å²) in [7, 11) is 1.93. The molecule has 1 saturated heterocycles. The second-order valence-corrected chi connectivity index (χ2v) is 5.27. The third-order valence-electron chi connectivity index (χ3n) is 3.58. The van der Waals surface area contributed by atoms with E-state index in [-0.39, 0.29) is 0 Å². The predicted molar refractivity (Wildman–Crippen MR) is 76.3 cm³/mol. The molecule has 0 saturated carbocycles. The summed E-state index contributed by atoms with van der Waals surface area (Å²) in [4.78, 5) is 11.3. The minimum absolute atomic E-state index is 0.437. The Balaban J connectivity index is 2.35. The summed E-state index contributed by atoms with van der Waals surface area (Å²) in [6.07, 6.45) is 6.92. The van der Waals surface area contributed by atoms with Crippen molar-refractivity contribution in [2.45, 2.75) is 45.4 Å². The average molecular weight is 248 g/mol. The van der Waals surface area contributed by atoms with E-state index in [1.807, 2.05) is 7.05 Å². The first kappa shape index (κ1) is 13.1. The van der Waals surface area contributed by atoms with E-state index in [9.17, 15) is 0 Å². The number of nitrogens with one attached hydrogen (secondary N) is 1. The number of nitrogens with zero attached hydrogens (tertiary/aromatic N) is 3. The van der Waals surface area contributed by atoms with Crippen molar-refractivity contribution in [1.29, 1.82) is 0 Å². The van der Waals surface area contributed by atoms with Gasteiger partial charge in [0.05, 0.1) is 0 Å². The second-order valence-electron chi connectivity index (χ2n) is 5.27. The monoisotopic (exact) mass is 248 g/mol. The predicted octanol–water partition coefficient (Wildman–Crippen LogP) is 3.02. The Bertz CT molecular complexity index is 381. The van der Waals surface area contributed by atoms with Crippen LogP contribution < -0.4 is 10.2 Å². The Morgan fingerprint density at radius 3 is 2.33 bits per heavy atom. The van der Waals surface area contributed by atoms with Gasteiger partial charge >= 0.3 is 0 Å². The summed E-state index contributed by atoms with van der Waals surface area (Å²) in [5.41, 5.74) is 1.25. The zero-order valence-electron chi connectivity index (χ0n) is 11.7. The van der Waals surface area contributed by atoms with Crippen LogP contribution in [0.15, 0.2) is 6.33 Å². The SMILES string of the molecule is CNc1ncnc(N2CCCCCC2)c1C(C)C. The molecule has 0 atom stereocenters. The molecule has 1 aromatic rings. The van der Waals surface area contributed by atoms with Crippen LogP contribution in [0.25, 0.3) is 0 Å². The molecule has 0 aromatic carbocycles. The highest BCUT2D eigenvalue weighted by Gasteiger charge is 2.19. The normalized spacial score (nSPS) is 16.8. The summed E-state index contributed by atoms with van der Waals surface area (Å²) in [6, 6.07) is 0. The van der Waals surface area contributed by atoms with Crippen molar-refractivity contribution in [2.75, 3.05) is 30.4 Å². The summed E-state index contributed by atoms with van der Waals surface area (Å²) in [5.74, 6) is 2.54. The van der Waals surface area contributed by atoms with Crippen LogP contribution in [0, 0.1) is 0 Å². The van der Waals surface area contributed by atoms with Crippen LogP contribution >= 0.6 is 0 Å². The van der Waals surface area contributed by atoms with Crippen molar-refractivity contribution < 1.29 is 0 Å². The highest BCUT2D eigenvalue weighted by atomic mass is 15.2. The molecule has 4 nitrogen and oxygen atoms in total. The van der Waals surface area contributed by atoms with Crippen LogP contribution in [0.1, 0.15) is 51.0 Å². The number of anilines is 2. The molecule has 0 spiro atoms. The van der Waals surface area contributed by atoms with Crippen molar-refractivity contribution in [3.63, 3.8) is 0 Å². The van der Waals surface area contributed by atoms with Gasteiger partial charge in [0, 0.05) is 25.7 Å². The van der Waals surface area contributed by atoms with Crippen LogP contribution in [-0.2, 0) is 0 Å². The van der Waals surface area contributed by atoms with Gasteiger partial charge < -0.3 is 10.2 Å². The topological polar surface area (TPSA) is 41.1 Å². The fraction of sp³-hybridized carbons (Fsp3) is 0.714. The van der Waals surface area contributed by atoms with Gasteiger partial charge in [-0.2, -0.15) is 0 Å². The molecule has 0 amide bonds. The lowest BCUT2D eigenvalue weighted by molar-refractivity contribution is 0.726. The van der Waals surface area contributed by atoms with Crippen LogP contribution in [0.4, 0.5) is 11.6 Å². The van der Waals surface area contributed by atoms with E-state index in [4.69, 9.17) is 0 Å². The molecule has 1 fully saturated rings. The minimum Gasteiger partial charge on any atom is -0.373 e. The molecular formula is C14H24N4. The zero-order valence-corrected chi connectivity index (χ0v) is 11.7. The van der Waals surface area contributed by atoms with Crippen LogP contribution in [0.2, 0.25) is 0 Å². The molecule has 0 unspecified atom stereocenters. The van der Waals surface area contributed by atoms with E-state index in [0.29, 0.717) is 5.92 Å². The van der Waals surface area contributed by atoms with Crippen molar-refractivity contribution in [2.24, 2.45) is 0 Å². The van der Waals surface area contributed by atoms with Crippen molar-refractivity contribution in [1.82, 2.24) is 9.97 Å². The highest BCUT2D eigenvalue weighted by Crippen LogP contribution is 2.31. The Kier molecular flexibility index (Phi) is 4.39. The van der Waals surface area contributed by atoms with Crippen LogP contribution in [-0.4, -0.2) is 30.1 Å². The molecule has 2 rings (SSSR count). The Morgan fingerprint density at radius 1 is 1.11 bits per heavy atom. The first-order valence-electron chi connectivity index (χ1n) is 7.01. The maximum atomic E-state index is 4.55. The fourth-order valence-electron chi connectivity index (χ4n) is 2.65. The van der Waals surface area contributed by atoms with Crippen LogP contribution in [0.3, 0.4) is 0 Å². The van der Waals surface area contributed by atoms with E-state index in [2.05, 4.69) is 34.0 Å². The molecule has 0 bridgehead atoms. The summed E-state index contributed by atoms with van der Waals surface area (Å²) >= 11 is 0. The Hall–Kier alpha value is -1.32. The van der Waals surface area contributed by atoms with Gasteiger partial charge in [-0.3, -0.25) is 0 Å². The molecular weight excluding hydrogens is 224 g/mol. The maximum absolute atomic E-state index is 4.55. The highest BCUT2D eigenvalue weighted by molar-refractivity contribution is 5.60. The van der Waals surface area contributed by atoms with Gasteiger partial charge in [0.1, 0.15) is 18.0 Å². The van der Waals surface area contributed by atoms with Crippen LogP contribution in [0.5, 0.6) is 0 Å². The number of rotatable bonds is 3. The van der Waals surface area contributed by atoms with Crippen molar-refractivity contribution >= 4 is 11.6 Å². The molecule has 0 aliphatic carbocycles. The van der Waals surface area contributed by atoms with Gasteiger partial charge in [0.15, 0.2) is 0 Å². The molecule has 1 aliphatic rings. The third kappa shape index (κ3) is 2.74. The lowest BCUT2D eigenvalue weighted by Gasteiger charge is -2.26. The second kappa shape index (κ2) is 6.03. The van der Waals surface area contributed by atoms with E-state index in [1.165, 1.54) is 31.2 Å². The largest absolute Gasteiger partial charge is 0.373 e. The van der Waals surface area contributed by atoms with Gasteiger partial charge in [-0.1, -0.05) is 26.7 Å². The summed E-state index contributed by atoms with van der Waals surface area (Å²) < 4.78 is 0. The van der Waals surface area contributed by atoms with Gasteiger partial charge in [-0.15, -0.1) is 0 Å². The quantitative estimate of drug-likeness (QED) is 0.892. The van der Waals surface area contributed by atoms with E-state index in [1.54, 1.807) is 6.33 Å². The molecule has 4 heteroatoms. The van der Waals surface area contributed by atoms with Gasteiger partial charge in [0.2, 0.25) is 0 Å². The lowest BCUT2D eigenvalue weighted by atomic mass is 10.0. The van der Waals surface area contributed by atoms with E-state index < -0.39 is 0 Å². The van der Waals surface area contributed by atoms with Crippen molar-refractivity contribution in [3.8, 4) is 0 Å². The summed E-state index contributed by atoms with van der Waals surface area (Å²) in [6.45, 7) is 6.67. The fourth-order valence-corrected chi connectivity index (χ4v) is 2.65. The van der Waals surface area contributed by atoms with Gasteiger partial charge in [0.25, 0.3) is 0 Å². The van der Waals surface area contributed by atoms with E-state index >= 15 is 0 Å². The lowest BCUT2D eigenvalue weighted by Crippen LogP contribution is -2.27. The Labute approximate surface area is 110 Å². The maximum Gasteiger partial charge on any atom is 0.137 e. The smallest absolute Gasteiger partial charge is 0.137 e. The van der Waals surface area contributed by atoms with E-state index in [0.717, 1.165) is 24.7 Å².